The summed E-state index contributed by atoms with van der Waals surface area (Å²) in [5.74, 6) is 5.71. The molecule has 2 nitrogen and oxygen atoms in total. The van der Waals surface area contributed by atoms with Crippen LogP contribution in [0.5, 0.6) is 0 Å². The largest absolute Gasteiger partial charge is 0.271 e. The fraction of sp³-hybridized carbons (Fsp3) is 0.778. The average molecular weight is 311 g/mol. The molecule has 3 N–H and O–H groups in total. The lowest BCUT2D eigenvalue weighted by atomic mass is 10.0. The number of hydrogen-bond acceptors (Lipinski definition) is 3. The van der Waals surface area contributed by atoms with Crippen LogP contribution in [0, 0.1) is 6.92 Å². The van der Waals surface area contributed by atoms with Gasteiger partial charge in [-0.1, -0.05) is 71.1 Å². The number of hydrazine groups is 1. The van der Waals surface area contributed by atoms with E-state index in [0.29, 0.717) is 6.04 Å². The van der Waals surface area contributed by atoms with Crippen LogP contribution >= 0.6 is 11.3 Å². The maximum absolute atomic E-state index is 5.71. The van der Waals surface area contributed by atoms with Crippen LogP contribution in [0.1, 0.15) is 94.0 Å². The van der Waals surface area contributed by atoms with Crippen LogP contribution in [0.2, 0.25) is 0 Å². The number of rotatable bonds is 13. The van der Waals surface area contributed by atoms with Gasteiger partial charge in [0.25, 0.3) is 0 Å². The summed E-state index contributed by atoms with van der Waals surface area (Å²) in [6, 6.07) is 2.53. The molecular formula is C18H34N2S. The highest BCUT2D eigenvalue weighted by molar-refractivity contribution is 7.10. The van der Waals surface area contributed by atoms with Crippen molar-refractivity contribution in [1.82, 2.24) is 5.43 Å². The van der Waals surface area contributed by atoms with Crippen LogP contribution in [0.4, 0.5) is 0 Å². The maximum atomic E-state index is 5.71. The van der Waals surface area contributed by atoms with Crippen LogP contribution in [-0.4, -0.2) is 0 Å². The summed E-state index contributed by atoms with van der Waals surface area (Å²) in [5, 5.41) is 2.16. The average Bonchev–Trinajstić information content (AvgIpc) is 2.91. The van der Waals surface area contributed by atoms with Gasteiger partial charge in [0.1, 0.15) is 0 Å². The van der Waals surface area contributed by atoms with Crippen LogP contribution in [-0.2, 0) is 0 Å². The number of aryl methyl sites for hydroxylation is 1. The van der Waals surface area contributed by atoms with Gasteiger partial charge < -0.3 is 0 Å². The van der Waals surface area contributed by atoms with Crippen LogP contribution in [0.15, 0.2) is 11.4 Å². The van der Waals surface area contributed by atoms with E-state index in [1.807, 2.05) is 11.3 Å². The maximum Gasteiger partial charge on any atom is 0.0555 e. The Hall–Kier alpha value is -0.380. The second-order valence-corrected chi connectivity index (χ2v) is 7.11. The molecule has 0 aliphatic carbocycles. The normalized spacial score (nSPS) is 12.7. The predicted octanol–water partition coefficient (Wildman–Crippen LogP) is 5.87. The Morgan fingerprint density at radius 3 is 2.05 bits per heavy atom. The van der Waals surface area contributed by atoms with E-state index in [4.69, 9.17) is 5.84 Å². The summed E-state index contributed by atoms with van der Waals surface area (Å²) in [4.78, 5) is 1.41. The van der Waals surface area contributed by atoms with Gasteiger partial charge in [-0.3, -0.25) is 11.3 Å². The Labute approximate surface area is 135 Å². The van der Waals surface area contributed by atoms with Gasteiger partial charge in [0.15, 0.2) is 0 Å². The second-order valence-electron chi connectivity index (χ2n) is 6.16. The van der Waals surface area contributed by atoms with Crippen LogP contribution < -0.4 is 11.3 Å². The Bertz CT molecular complexity index is 349. The van der Waals surface area contributed by atoms with E-state index in [-0.39, 0.29) is 0 Å². The van der Waals surface area contributed by atoms with Crippen molar-refractivity contribution < 1.29 is 0 Å². The van der Waals surface area contributed by atoms with Crippen molar-refractivity contribution in [3.63, 3.8) is 0 Å². The lowest BCUT2D eigenvalue weighted by molar-refractivity contribution is 0.478. The van der Waals surface area contributed by atoms with Gasteiger partial charge in [-0.05, 0) is 30.4 Å². The molecule has 3 heteroatoms. The molecule has 0 spiro atoms. The first-order valence-corrected chi connectivity index (χ1v) is 9.67. The van der Waals surface area contributed by atoms with Gasteiger partial charge in [-0.15, -0.1) is 11.3 Å². The summed E-state index contributed by atoms with van der Waals surface area (Å²) < 4.78 is 0. The highest BCUT2D eigenvalue weighted by atomic mass is 32.1. The molecule has 122 valence electrons. The molecule has 1 aromatic rings. The molecule has 1 heterocycles. The molecule has 0 radical (unpaired) electrons. The van der Waals surface area contributed by atoms with Gasteiger partial charge in [0.05, 0.1) is 6.04 Å². The Kier molecular flexibility index (Phi) is 10.8. The van der Waals surface area contributed by atoms with E-state index < -0.39 is 0 Å². The number of thiophene rings is 1. The summed E-state index contributed by atoms with van der Waals surface area (Å²) in [6.07, 6.45) is 15.1. The van der Waals surface area contributed by atoms with Crippen molar-refractivity contribution in [2.75, 3.05) is 0 Å². The van der Waals surface area contributed by atoms with Gasteiger partial charge in [0, 0.05) is 4.88 Å². The van der Waals surface area contributed by atoms with Crippen LogP contribution in [0.25, 0.3) is 0 Å². The van der Waals surface area contributed by atoms with Crippen LogP contribution in [0.3, 0.4) is 0 Å². The first-order chi connectivity index (χ1) is 10.3. The molecule has 1 aromatic heterocycles. The Morgan fingerprint density at radius 2 is 1.57 bits per heavy atom. The molecule has 1 unspecified atom stereocenters. The highest BCUT2D eigenvalue weighted by Gasteiger charge is 2.12. The van der Waals surface area contributed by atoms with E-state index in [1.54, 1.807) is 0 Å². The van der Waals surface area contributed by atoms with E-state index in [0.717, 1.165) is 6.42 Å². The predicted molar refractivity (Wildman–Crippen MR) is 95.6 cm³/mol. The zero-order valence-electron chi connectivity index (χ0n) is 14.0. The van der Waals surface area contributed by atoms with E-state index in [9.17, 15) is 0 Å². The molecule has 0 bridgehead atoms. The Balaban J connectivity index is 1.99. The van der Waals surface area contributed by atoms with Gasteiger partial charge >= 0.3 is 0 Å². The third kappa shape index (κ3) is 7.98. The van der Waals surface area contributed by atoms with Crippen molar-refractivity contribution in [2.45, 2.75) is 90.5 Å². The second kappa shape index (κ2) is 12.2. The highest BCUT2D eigenvalue weighted by Crippen LogP contribution is 2.27. The summed E-state index contributed by atoms with van der Waals surface area (Å²) >= 11 is 1.82. The van der Waals surface area contributed by atoms with Crippen molar-refractivity contribution in [1.29, 1.82) is 0 Å². The minimum absolute atomic E-state index is 0.346. The molecular weight excluding hydrogens is 276 g/mol. The number of nitrogens with two attached hydrogens (primary N) is 1. The standard InChI is InChI=1S/C18H34N2S/c1-3-4-5-6-7-8-9-10-11-12-13-17(20-19)18-16(2)14-15-21-18/h14-15,17,20H,3-13,19H2,1-2H3. The monoisotopic (exact) mass is 310 g/mol. The molecule has 0 aliphatic heterocycles. The minimum Gasteiger partial charge on any atom is -0.271 e. The lowest BCUT2D eigenvalue weighted by Gasteiger charge is -2.15. The molecule has 0 saturated heterocycles. The number of hydrogen-bond donors (Lipinski definition) is 2. The molecule has 0 amide bonds. The first-order valence-electron chi connectivity index (χ1n) is 8.79. The van der Waals surface area contributed by atoms with Crippen molar-refractivity contribution in [2.24, 2.45) is 5.84 Å². The molecule has 0 saturated carbocycles. The third-order valence-electron chi connectivity index (χ3n) is 4.27. The zero-order valence-corrected chi connectivity index (χ0v) is 14.8. The minimum atomic E-state index is 0.346. The molecule has 0 aliphatic rings. The zero-order chi connectivity index (χ0) is 15.3. The summed E-state index contributed by atoms with van der Waals surface area (Å²) in [6.45, 7) is 4.45. The van der Waals surface area contributed by atoms with Gasteiger partial charge in [-0.2, -0.15) is 0 Å². The van der Waals surface area contributed by atoms with Gasteiger partial charge in [-0.25, -0.2) is 0 Å². The fourth-order valence-electron chi connectivity index (χ4n) is 2.87. The summed E-state index contributed by atoms with van der Waals surface area (Å²) in [5.41, 5.74) is 4.36. The fourth-order valence-corrected chi connectivity index (χ4v) is 3.89. The number of unbranched alkanes of at least 4 members (excludes halogenated alkanes) is 9. The molecule has 0 fully saturated rings. The van der Waals surface area contributed by atoms with E-state index >= 15 is 0 Å². The first kappa shape index (κ1) is 18.7. The van der Waals surface area contributed by atoms with Gasteiger partial charge in [0.2, 0.25) is 0 Å². The molecule has 0 aromatic carbocycles. The van der Waals surface area contributed by atoms with Crippen molar-refractivity contribution >= 4 is 11.3 Å². The van der Waals surface area contributed by atoms with Crippen molar-refractivity contribution in [3.8, 4) is 0 Å². The topological polar surface area (TPSA) is 38.0 Å². The lowest BCUT2D eigenvalue weighted by Crippen LogP contribution is -2.27. The third-order valence-corrected chi connectivity index (χ3v) is 5.40. The molecule has 1 rings (SSSR count). The number of nitrogens with one attached hydrogen (secondary N) is 1. The Morgan fingerprint density at radius 1 is 1.00 bits per heavy atom. The van der Waals surface area contributed by atoms with E-state index in [2.05, 4.69) is 30.7 Å². The molecule has 21 heavy (non-hydrogen) atoms. The SMILES string of the molecule is CCCCCCCCCCCCC(NN)c1sccc1C. The van der Waals surface area contributed by atoms with Crippen molar-refractivity contribution in [3.05, 3.63) is 21.9 Å². The molecule has 1 atom stereocenters. The smallest absolute Gasteiger partial charge is 0.0555 e. The summed E-state index contributed by atoms with van der Waals surface area (Å²) in [7, 11) is 0. The van der Waals surface area contributed by atoms with E-state index in [1.165, 1.54) is 74.6 Å². The quantitative estimate of drug-likeness (QED) is 0.271.